The summed E-state index contributed by atoms with van der Waals surface area (Å²) in [6.07, 6.45) is 10.9. The van der Waals surface area contributed by atoms with Gasteiger partial charge in [-0.15, -0.1) is 0 Å². The quantitative estimate of drug-likeness (QED) is 0.764. The van der Waals surface area contributed by atoms with E-state index in [1.54, 1.807) is 0 Å². The van der Waals surface area contributed by atoms with E-state index in [1.807, 2.05) is 13.8 Å². The fraction of sp³-hybridized carbons (Fsp3) is 0.842. The molecule has 0 spiro atoms. The lowest BCUT2D eigenvalue weighted by atomic mass is 9.73. The smallest absolute Gasteiger partial charge is 0.136 e. The SMILES string of the molecule is C[C@@H](C=C[C@H](C)C1CC[C@H]2C(=O)CCC[C@H]12)CC(C)(C)O. The van der Waals surface area contributed by atoms with Crippen LogP contribution in [0.5, 0.6) is 0 Å². The van der Waals surface area contributed by atoms with Gasteiger partial charge in [0.05, 0.1) is 5.60 Å². The number of rotatable bonds is 5. The number of carbonyl (C=O) groups is 1. The summed E-state index contributed by atoms with van der Waals surface area (Å²) < 4.78 is 0. The lowest BCUT2D eigenvalue weighted by molar-refractivity contribution is -0.126. The zero-order valence-electron chi connectivity index (χ0n) is 14.1. The summed E-state index contributed by atoms with van der Waals surface area (Å²) >= 11 is 0. The van der Waals surface area contributed by atoms with Gasteiger partial charge in [0.1, 0.15) is 5.78 Å². The summed E-state index contributed by atoms with van der Waals surface area (Å²) in [5.41, 5.74) is -0.596. The van der Waals surface area contributed by atoms with Crippen LogP contribution in [0.25, 0.3) is 0 Å². The molecule has 0 amide bonds. The van der Waals surface area contributed by atoms with Crippen LogP contribution in [0.1, 0.15) is 66.2 Å². The minimum atomic E-state index is -0.596. The number of ketones is 1. The molecule has 5 atom stereocenters. The lowest BCUT2D eigenvalue weighted by Crippen LogP contribution is -2.29. The van der Waals surface area contributed by atoms with Crippen molar-refractivity contribution in [3.63, 3.8) is 0 Å². The first kappa shape index (κ1) is 16.7. The topological polar surface area (TPSA) is 37.3 Å². The van der Waals surface area contributed by atoms with Crippen molar-refractivity contribution in [3.8, 4) is 0 Å². The molecule has 0 aromatic rings. The van der Waals surface area contributed by atoms with Gasteiger partial charge in [0.15, 0.2) is 0 Å². The van der Waals surface area contributed by atoms with E-state index in [0.717, 1.165) is 25.7 Å². The summed E-state index contributed by atoms with van der Waals surface area (Å²) in [6, 6.07) is 0. The lowest BCUT2D eigenvalue weighted by Gasteiger charge is -2.30. The van der Waals surface area contributed by atoms with Crippen LogP contribution in [0.3, 0.4) is 0 Å². The molecule has 0 aromatic heterocycles. The minimum Gasteiger partial charge on any atom is -0.390 e. The Bertz CT molecular complexity index is 391. The number of fused-ring (bicyclic) bond motifs is 1. The first-order valence-corrected chi connectivity index (χ1v) is 8.71. The molecule has 2 saturated carbocycles. The molecule has 0 saturated heterocycles. The maximum absolute atomic E-state index is 12.0. The van der Waals surface area contributed by atoms with E-state index in [2.05, 4.69) is 26.0 Å². The molecule has 2 heteroatoms. The molecule has 1 N–H and O–H groups in total. The molecule has 0 bridgehead atoms. The molecule has 2 aliphatic carbocycles. The largest absolute Gasteiger partial charge is 0.390 e. The van der Waals surface area contributed by atoms with Crippen LogP contribution < -0.4 is 0 Å². The van der Waals surface area contributed by atoms with Crippen molar-refractivity contribution in [1.29, 1.82) is 0 Å². The summed E-state index contributed by atoms with van der Waals surface area (Å²) in [6.45, 7) is 8.22. The van der Waals surface area contributed by atoms with Crippen LogP contribution in [0.2, 0.25) is 0 Å². The molecular formula is C19H32O2. The van der Waals surface area contributed by atoms with Crippen LogP contribution in [-0.2, 0) is 4.79 Å². The fourth-order valence-electron chi connectivity index (χ4n) is 4.63. The summed E-state index contributed by atoms with van der Waals surface area (Å²) in [7, 11) is 0. The highest BCUT2D eigenvalue weighted by atomic mass is 16.3. The molecule has 1 unspecified atom stereocenters. The zero-order valence-corrected chi connectivity index (χ0v) is 14.1. The Labute approximate surface area is 130 Å². The Hall–Kier alpha value is -0.630. The van der Waals surface area contributed by atoms with E-state index in [9.17, 15) is 9.90 Å². The highest BCUT2D eigenvalue weighted by Gasteiger charge is 2.43. The number of hydrogen-bond donors (Lipinski definition) is 1. The third-order valence-corrected chi connectivity index (χ3v) is 5.49. The van der Waals surface area contributed by atoms with Gasteiger partial charge in [-0.05, 0) is 69.6 Å². The Morgan fingerprint density at radius 3 is 2.62 bits per heavy atom. The summed E-state index contributed by atoms with van der Waals surface area (Å²) in [5.74, 6) is 3.17. The molecule has 21 heavy (non-hydrogen) atoms. The second kappa shape index (κ2) is 6.64. The van der Waals surface area contributed by atoms with Gasteiger partial charge in [-0.1, -0.05) is 26.0 Å². The number of aliphatic hydroxyl groups is 1. The van der Waals surface area contributed by atoms with Crippen molar-refractivity contribution < 1.29 is 9.90 Å². The predicted molar refractivity (Wildman–Crippen MR) is 86.9 cm³/mol. The second-order valence-electron chi connectivity index (χ2n) is 8.11. The van der Waals surface area contributed by atoms with Gasteiger partial charge >= 0.3 is 0 Å². The van der Waals surface area contributed by atoms with E-state index in [0.29, 0.717) is 35.4 Å². The Morgan fingerprint density at radius 2 is 1.95 bits per heavy atom. The number of allylic oxidation sites excluding steroid dienone is 2. The Morgan fingerprint density at radius 1 is 1.24 bits per heavy atom. The van der Waals surface area contributed by atoms with E-state index in [-0.39, 0.29) is 0 Å². The summed E-state index contributed by atoms with van der Waals surface area (Å²) in [5, 5.41) is 9.88. The van der Waals surface area contributed by atoms with Gasteiger partial charge in [-0.2, -0.15) is 0 Å². The predicted octanol–water partition coefficient (Wildman–Crippen LogP) is 4.37. The number of Topliss-reactive ketones (excluding diaryl/α,β-unsaturated/α-hetero) is 1. The van der Waals surface area contributed by atoms with Crippen molar-refractivity contribution in [2.75, 3.05) is 0 Å². The highest BCUT2D eigenvalue weighted by Crippen LogP contribution is 2.47. The standard InChI is InChI=1S/C19H32O2/c1-13(12-19(3,4)21)8-9-14(2)15-10-11-17-16(15)6-5-7-18(17)20/h8-9,13-17,21H,5-7,10-12H2,1-4H3/t13-,14-,15?,16+,17+/m0/s1. The van der Waals surface area contributed by atoms with Gasteiger partial charge in [0.25, 0.3) is 0 Å². The maximum Gasteiger partial charge on any atom is 0.136 e. The second-order valence-corrected chi connectivity index (χ2v) is 8.11. The van der Waals surface area contributed by atoms with Crippen LogP contribution in [0, 0.1) is 29.6 Å². The van der Waals surface area contributed by atoms with E-state index < -0.39 is 5.60 Å². The molecule has 0 radical (unpaired) electrons. The molecule has 2 aliphatic rings. The first-order chi connectivity index (χ1) is 9.78. The number of hydrogen-bond acceptors (Lipinski definition) is 2. The minimum absolute atomic E-state index is 0.369. The average Bonchev–Trinajstić information content (AvgIpc) is 2.79. The molecule has 0 heterocycles. The van der Waals surface area contributed by atoms with Crippen molar-refractivity contribution in [2.24, 2.45) is 29.6 Å². The van der Waals surface area contributed by atoms with E-state index in [1.165, 1.54) is 12.8 Å². The van der Waals surface area contributed by atoms with Crippen molar-refractivity contribution >= 4 is 5.78 Å². The van der Waals surface area contributed by atoms with Gasteiger partial charge in [0, 0.05) is 12.3 Å². The van der Waals surface area contributed by atoms with E-state index >= 15 is 0 Å². The molecule has 0 aromatic carbocycles. The van der Waals surface area contributed by atoms with Crippen LogP contribution in [-0.4, -0.2) is 16.5 Å². The molecule has 0 aliphatic heterocycles. The monoisotopic (exact) mass is 292 g/mol. The van der Waals surface area contributed by atoms with Crippen molar-refractivity contribution in [2.45, 2.75) is 71.8 Å². The average molecular weight is 292 g/mol. The van der Waals surface area contributed by atoms with Gasteiger partial charge in [0.2, 0.25) is 0 Å². The van der Waals surface area contributed by atoms with Crippen molar-refractivity contribution in [1.82, 2.24) is 0 Å². The van der Waals surface area contributed by atoms with Gasteiger partial charge in [-0.3, -0.25) is 4.79 Å². The Balaban J connectivity index is 1.91. The first-order valence-electron chi connectivity index (χ1n) is 8.71. The molecule has 2 rings (SSSR count). The Kier molecular flexibility index (Phi) is 5.29. The normalized spacial score (nSPS) is 33.2. The summed E-state index contributed by atoms with van der Waals surface area (Å²) in [4.78, 5) is 12.0. The van der Waals surface area contributed by atoms with E-state index in [4.69, 9.17) is 0 Å². The molecular weight excluding hydrogens is 260 g/mol. The highest BCUT2D eigenvalue weighted by molar-refractivity contribution is 5.82. The van der Waals surface area contributed by atoms with Crippen molar-refractivity contribution in [3.05, 3.63) is 12.2 Å². The molecule has 2 nitrogen and oxygen atoms in total. The maximum atomic E-state index is 12.0. The van der Waals surface area contributed by atoms with Gasteiger partial charge in [-0.25, -0.2) is 0 Å². The van der Waals surface area contributed by atoms with Crippen LogP contribution in [0.15, 0.2) is 12.2 Å². The third kappa shape index (κ3) is 4.42. The third-order valence-electron chi connectivity index (χ3n) is 5.49. The zero-order chi connectivity index (χ0) is 15.6. The number of carbonyl (C=O) groups excluding carboxylic acids is 1. The molecule has 120 valence electrons. The van der Waals surface area contributed by atoms with Gasteiger partial charge < -0.3 is 5.11 Å². The van der Waals surface area contributed by atoms with Crippen LogP contribution >= 0.6 is 0 Å². The molecule has 2 fully saturated rings. The van der Waals surface area contributed by atoms with Crippen LogP contribution in [0.4, 0.5) is 0 Å². The fourth-order valence-corrected chi connectivity index (χ4v) is 4.63.